The number of allylic oxidation sites excluding steroid dienone is 2. The molecule has 0 aliphatic carbocycles. The van der Waals surface area contributed by atoms with Crippen LogP contribution >= 0.6 is 0 Å². The molecule has 1 fully saturated rings. The molecule has 0 N–H and O–H groups in total. The maximum Gasteiger partial charge on any atom is 0.254 e. The number of hydrogen-bond acceptors (Lipinski definition) is 2. The predicted molar refractivity (Wildman–Crippen MR) is 84.7 cm³/mol. The molecule has 3 heteroatoms. The normalized spacial score (nSPS) is 21.3. The van der Waals surface area contributed by atoms with Crippen molar-refractivity contribution in [1.82, 2.24) is 4.90 Å². The van der Waals surface area contributed by atoms with E-state index in [9.17, 15) is 4.79 Å². The number of carbonyl (C=O) groups is 1. The van der Waals surface area contributed by atoms with E-state index in [1.165, 1.54) is 0 Å². The molecule has 1 aliphatic rings. The average Bonchev–Trinajstić information content (AvgIpc) is 2.52. The van der Waals surface area contributed by atoms with Gasteiger partial charge in [0.05, 0.1) is 12.6 Å². The Morgan fingerprint density at radius 1 is 1.24 bits per heavy atom. The highest BCUT2D eigenvalue weighted by atomic mass is 16.5. The second-order valence-corrected chi connectivity index (χ2v) is 4.94. The number of rotatable bonds is 8. The number of nitrogens with zero attached hydrogens (tertiary/aromatic N) is 1. The number of hydrogen-bond donors (Lipinski definition) is 0. The summed E-state index contributed by atoms with van der Waals surface area (Å²) in [5.74, 6) is 0.0477. The molecular weight excluding hydrogens is 262 g/mol. The van der Waals surface area contributed by atoms with E-state index in [1.54, 1.807) is 6.08 Å². The largest absolute Gasteiger partial charge is 0.361 e. The fourth-order valence-corrected chi connectivity index (χ4v) is 2.35. The van der Waals surface area contributed by atoms with Crippen molar-refractivity contribution in [3.05, 3.63) is 73.4 Å². The lowest BCUT2D eigenvalue weighted by Crippen LogP contribution is -2.64. The van der Waals surface area contributed by atoms with Gasteiger partial charge in [0.15, 0.2) is 6.10 Å². The van der Waals surface area contributed by atoms with Gasteiger partial charge < -0.3 is 9.64 Å². The average molecular weight is 283 g/mol. The summed E-state index contributed by atoms with van der Waals surface area (Å²) in [4.78, 5) is 14.0. The van der Waals surface area contributed by atoms with Crippen LogP contribution in [0.15, 0.2) is 67.8 Å². The van der Waals surface area contributed by atoms with Crippen LogP contribution < -0.4 is 0 Å². The molecule has 0 bridgehead atoms. The standard InChI is InChI=1S/C18H21NO2/c1-3-5-12-16-17(18(20)19(16)13-6-4-2)21-14-15-10-8-7-9-11-15/h3-5,7-12,16-17H,1-2,6,13-14H2/b12-5+/t16?,17-/m1/s1. The van der Waals surface area contributed by atoms with Crippen molar-refractivity contribution in [1.29, 1.82) is 0 Å². The number of ether oxygens (including phenoxy) is 1. The molecule has 0 spiro atoms. The summed E-state index contributed by atoms with van der Waals surface area (Å²) in [6.45, 7) is 8.49. The first-order valence-electron chi connectivity index (χ1n) is 7.14. The van der Waals surface area contributed by atoms with Gasteiger partial charge in [-0.15, -0.1) is 6.58 Å². The van der Waals surface area contributed by atoms with E-state index >= 15 is 0 Å². The van der Waals surface area contributed by atoms with E-state index < -0.39 is 6.10 Å². The molecule has 1 aromatic carbocycles. The molecule has 1 heterocycles. The summed E-state index contributed by atoms with van der Waals surface area (Å²) in [5, 5.41) is 0. The number of amides is 1. The number of β-lactam (4-membered cyclic amide) rings is 1. The van der Waals surface area contributed by atoms with Gasteiger partial charge in [0.2, 0.25) is 0 Å². The van der Waals surface area contributed by atoms with Crippen molar-refractivity contribution in [2.45, 2.75) is 25.2 Å². The number of carbonyl (C=O) groups excluding carboxylic acids is 1. The molecule has 1 saturated heterocycles. The van der Waals surface area contributed by atoms with Crippen molar-refractivity contribution in [2.24, 2.45) is 0 Å². The molecule has 0 saturated carbocycles. The Kier molecular flexibility index (Phi) is 5.52. The minimum absolute atomic E-state index is 0.0147. The fraction of sp³-hybridized carbons (Fsp3) is 0.278. The molecule has 0 aromatic heterocycles. The van der Waals surface area contributed by atoms with Gasteiger partial charge in [-0.1, -0.05) is 61.2 Å². The highest BCUT2D eigenvalue weighted by molar-refractivity contribution is 5.89. The van der Waals surface area contributed by atoms with Crippen LogP contribution in [0, 0.1) is 0 Å². The van der Waals surface area contributed by atoms with Gasteiger partial charge >= 0.3 is 0 Å². The number of benzene rings is 1. The topological polar surface area (TPSA) is 29.5 Å². The first-order chi connectivity index (χ1) is 10.3. The summed E-state index contributed by atoms with van der Waals surface area (Å²) in [6, 6.07) is 9.86. The maximum absolute atomic E-state index is 12.2. The van der Waals surface area contributed by atoms with Crippen molar-refractivity contribution in [3.8, 4) is 0 Å². The molecule has 1 unspecified atom stereocenters. The first-order valence-corrected chi connectivity index (χ1v) is 7.14. The maximum atomic E-state index is 12.2. The van der Waals surface area contributed by atoms with Crippen molar-refractivity contribution < 1.29 is 9.53 Å². The monoisotopic (exact) mass is 283 g/mol. The Morgan fingerprint density at radius 3 is 2.67 bits per heavy atom. The second kappa shape index (κ2) is 7.60. The summed E-state index contributed by atoms with van der Waals surface area (Å²) < 4.78 is 5.79. The molecule has 21 heavy (non-hydrogen) atoms. The van der Waals surface area contributed by atoms with Crippen LogP contribution in [-0.4, -0.2) is 29.5 Å². The third kappa shape index (κ3) is 3.70. The van der Waals surface area contributed by atoms with Crippen LogP contribution in [0.3, 0.4) is 0 Å². The molecule has 3 nitrogen and oxygen atoms in total. The van der Waals surface area contributed by atoms with E-state index in [2.05, 4.69) is 13.2 Å². The first kappa shape index (κ1) is 15.3. The highest BCUT2D eigenvalue weighted by Crippen LogP contribution is 2.25. The van der Waals surface area contributed by atoms with Crippen LogP contribution in [0.2, 0.25) is 0 Å². The lowest BCUT2D eigenvalue weighted by Gasteiger charge is -2.45. The predicted octanol–water partition coefficient (Wildman–Crippen LogP) is 3.10. The zero-order chi connectivity index (χ0) is 15.1. The van der Waals surface area contributed by atoms with Crippen LogP contribution in [-0.2, 0) is 16.1 Å². The lowest BCUT2D eigenvalue weighted by molar-refractivity contribution is -0.170. The summed E-state index contributed by atoms with van der Waals surface area (Å²) in [6.07, 6.45) is 7.74. The zero-order valence-corrected chi connectivity index (χ0v) is 12.2. The van der Waals surface area contributed by atoms with E-state index in [0.717, 1.165) is 12.0 Å². The Bertz CT molecular complexity index is 521. The Balaban J connectivity index is 1.97. The molecular formula is C18H21NO2. The molecule has 1 amide bonds. The quantitative estimate of drug-likeness (QED) is 0.417. The van der Waals surface area contributed by atoms with Gasteiger partial charge in [0, 0.05) is 6.54 Å². The van der Waals surface area contributed by atoms with E-state index in [-0.39, 0.29) is 11.9 Å². The third-order valence-corrected chi connectivity index (χ3v) is 3.49. The molecule has 1 aromatic rings. The van der Waals surface area contributed by atoms with Gasteiger partial charge in [0.25, 0.3) is 5.91 Å². The molecule has 1 aliphatic heterocycles. The highest BCUT2D eigenvalue weighted by Gasteiger charge is 2.46. The van der Waals surface area contributed by atoms with Crippen LogP contribution in [0.5, 0.6) is 0 Å². The smallest absolute Gasteiger partial charge is 0.254 e. The van der Waals surface area contributed by atoms with Gasteiger partial charge in [-0.25, -0.2) is 0 Å². The van der Waals surface area contributed by atoms with Gasteiger partial charge in [-0.3, -0.25) is 4.79 Å². The lowest BCUT2D eigenvalue weighted by atomic mass is 9.96. The summed E-state index contributed by atoms with van der Waals surface area (Å²) in [5.41, 5.74) is 1.07. The van der Waals surface area contributed by atoms with Crippen molar-refractivity contribution >= 4 is 5.91 Å². The van der Waals surface area contributed by atoms with E-state index in [1.807, 2.05) is 53.5 Å². The summed E-state index contributed by atoms with van der Waals surface area (Å²) in [7, 11) is 0. The van der Waals surface area contributed by atoms with Crippen molar-refractivity contribution in [3.63, 3.8) is 0 Å². The third-order valence-electron chi connectivity index (χ3n) is 3.49. The molecule has 0 radical (unpaired) electrons. The molecule has 2 atom stereocenters. The van der Waals surface area contributed by atoms with Crippen LogP contribution in [0.25, 0.3) is 0 Å². The number of likely N-dealkylation sites (tertiary alicyclic amines) is 1. The Labute approximate surface area is 126 Å². The van der Waals surface area contributed by atoms with Crippen LogP contribution in [0.1, 0.15) is 12.0 Å². The van der Waals surface area contributed by atoms with E-state index in [4.69, 9.17) is 4.74 Å². The Morgan fingerprint density at radius 2 is 2.00 bits per heavy atom. The van der Waals surface area contributed by atoms with Crippen molar-refractivity contribution in [2.75, 3.05) is 6.54 Å². The second-order valence-electron chi connectivity index (χ2n) is 4.94. The zero-order valence-electron chi connectivity index (χ0n) is 12.2. The fourth-order valence-electron chi connectivity index (χ4n) is 2.35. The van der Waals surface area contributed by atoms with Gasteiger partial charge in [-0.2, -0.15) is 0 Å². The minimum atomic E-state index is -0.397. The summed E-state index contributed by atoms with van der Waals surface area (Å²) >= 11 is 0. The molecule has 2 rings (SSSR count). The minimum Gasteiger partial charge on any atom is -0.361 e. The van der Waals surface area contributed by atoms with Crippen LogP contribution in [0.4, 0.5) is 0 Å². The molecule has 110 valence electrons. The van der Waals surface area contributed by atoms with E-state index in [0.29, 0.717) is 13.2 Å². The van der Waals surface area contributed by atoms with Gasteiger partial charge in [0.1, 0.15) is 0 Å². The van der Waals surface area contributed by atoms with Gasteiger partial charge in [-0.05, 0) is 12.0 Å². The Hall–Kier alpha value is -2.13. The SMILES string of the molecule is C=C/C=C/C1[C@@H](OCc2ccccc2)C(=O)N1CCC=C.